The minimum atomic E-state index is -4.96. The Labute approximate surface area is 193 Å². The van der Waals surface area contributed by atoms with Gasteiger partial charge < -0.3 is 10.6 Å². The van der Waals surface area contributed by atoms with Gasteiger partial charge in [0, 0.05) is 23.8 Å². The van der Waals surface area contributed by atoms with Crippen molar-refractivity contribution in [3.8, 4) is 0 Å². The van der Waals surface area contributed by atoms with Crippen LogP contribution in [0.3, 0.4) is 0 Å². The molecule has 0 aromatic heterocycles. The first-order valence-electron chi connectivity index (χ1n) is 10.9. The van der Waals surface area contributed by atoms with Crippen molar-refractivity contribution < 1.29 is 32.3 Å². The summed E-state index contributed by atoms with van der Waals surface area (Å²) in [7, 11) is 0. The molecule has 0 atom stereocenters. The zero-order valence-corrected chi connectivity index (χ0v) is 18.1. The number of benzene rings is 2. The smallest absolute Gasteiger partial charge is 0.344 e. The number of rotatable bonds is 5. The van der Waals surface area contributed by atoms with E-state index in [0.29, 0.717) is 11.3 Å². The molecule has 1 aliphatic heterocycles. The molecule has 4 amide bonds. The second-order valence-corrected chi connectivity index (χ2v) is 8.36. The summed E-state index contributed by atoms with van der Waals surface area (Å²) in [4.78, 5) is 50.6. The van der Waals surface area contributed by atoms with Crippen molar-refractivity contribution in [1.29, 1.82) is 0 Å². The Morgan fingerprint density at radius 2 is 1.56 bits per heavy atom. The lowest BCUT2D eigenvalue weighted by molar-refractivity contribution is -0.173. The molecule has 7 nitrogen and oxygen atoms in total. The Hall–Kier alpha value is -3.69. The van der Waals surface area contributed by atoms with E-state index in [0.717, 1.165) is 32.1 Å². The van der Waals surface area contributed by atoms with E-state index in [9.17, 15) is 32.3 Å². The molecule has 2 N–H and O–H groups in total. The summed E-state index contributed by atoms with van der Waals surface area (Å²) in [5, 5.41) is 4.42. The number of hydrogen-bond donors (Lipinski definition) is 2. The van der Waals surface area contributed by atoms with E-state index in [2.05, 4.69) is 5.32 Å². The minimum Gasteiger partial charge on any atom is -0.344 e. The van der Waals surface area contributed by atoms with E-state index >= 15 is 0 Å². The second-order valence-electron chi connectivity index (χ2n) is 8.36. The fourth-order valence-electron chi connectivity index (χ4n) is 4.26. The summed E-state index contributed by atoms with van der Waals surface area (Å²) in [6.07, 6.45) is -0.349. The minimum absolute atomic E-state index is 0.113. The highest BCUT2D eigenvalue weighted by Crippen LogP contribution is 2.31. The number of imide groups is 1. The largest absolute Gasteiger partial charge is 0.471 e. The van der Waals surface area contributed by atoms with Crippen LogP contribution in [-0.4, -0.2) is 40.7 Å². The Bertz CT molecular complexity index is 1140. The molecule has 1 saturated carbocycles. The molecule has 0 saturated heterocycles. The van der Waals surface area contributed by atoms with Gasteiger partial charge in [-0.25, -0.2) is 0 Å². The van der Waals surface area contributed by atoms with Crippen molar-refractivity contribution in [2.45, 2.75) is 50.9 Å². The van der Waals surface area contributed by atoms with Crippen LogP contribution < -0.4 is 10.6 Å². The molecule has 1 heterocycles. The van der Waals surface area contributed by atoms with Crippen LogP contribution in [0.2, 0.25) is 0 Å². The summed E-state index contributed by atoms with van der Waals surface area (Å²) in [5.41, 5.74) is 1.49. The number of nitrogens with zero attached hydrogens (tertiary/aromatic N) is 1. The van der Waals surface area contributed by atoms with Gasteiger partial charge in [0.1, 0.15) is 0 Å². The van der Waals surface area contributed by atoms with Gasteiger partial charge in [-0.1, -0.05) is 31.4 Å². The van der Waals surface area contributed by atoms with E-state index in [1.54, 1.807) is 5.32 Å². The van der Waals surface area contributed by atoms with Gasteiger partial charge in [-0.2, -0.15) is 13.2 Å². The third-order valence-corrected chi connectivity index (χ3v) is 6.04. The highest BCUT2D eigenvalue weighted by molar-refractivity contribution is 6.22. The Kier molecular flexibility index (Phi) is 6.41. The van der Waals surface area contributed by atoms with Crippen LogP contribution in [0.15, 0.2) is 42.5 Å². The molecule has 2 aromatic rings. The Morgan fingerprint density at radius 1 is 0.912 bits per heavy atom. The molecule has 0 bridgehead atoms. The number of carbonyl (C=O) groups is 4. The summed E-state index contributed by atoms with van der Waals surface area (Å²) in [6.45, 7) is -0.314. The van der Waals surface area contributed by atoms with Gasteiger partial charge in [-0.05, 0) is 48.7 Å². The third kappa shape index (κ3) is 4.80. The van der Waals surface area contributed by atoms with Crippen molar-refractivity contribution >= 4 is 29.3 Å². The molecular formula is C24H22F3N3O4. The molecule has 34 heavy (non-hydrogen) atoms. The number of amides is 4. The average Bonchev–Trinajstić information content (AvgIpc) is 3.07. The van der Waals surface area contributed by atoms with Crippen molar-refractivity contribution in [3.63, 3.8) is 0 Å². The van der Waals surface area contributed by atoms with Gasteiger partial charge in [0.25, 0.3) is 17.7 Å². The first kappa shape index (κ1) is 23.5. The van der Waals surface area contributed by atoms with Gasteiger partial charge >= 0.3 is 12.1 Å². The van der Waals surface area contributed by atoms with Crippen LogP contribution in [0.1, 0.15) is 68.7 Å². The summed E-state index contributed by atoms with van der Waals surface area (Å²) in [6, 6.07) is 10.2. The van der Waals surface area contributed by atoms with Crippen LogP contribution in [0, 0.1) is 0 Å². The van der Waals surface area contributed by atoms with Crippen LogP contribution in [0.4, 0.5) is 18.9 Å². The molecule has 0 unspecified atom stereocenters. The maximum absolute atomic E-state index is 12.9. The zero-order valence-electron chi connectivity index (χ0n) is 18.1. The van der Waals surface area contributed by atoms with E-state index < -0.39 is 18.0 Å². The van der Waals surface area contributed by atoms with Crippen molar-refractivity contribution in [2.24, 2.45) is 0 Å². The number of nitrogens with one attached hydrogen (secondary N) is 2. The maximum Gasteiger partial charge on any atom is 0.471 e. The maximum atomic E-state index is 12.9. The number of fused-ring (bicyclic) bond motifs is 1. The molecule has 4 rings (SSSR count). The number of halogens is 3. The highest BCUT2D eigenvalue weighted by atomic mass is 19.4. The van der Waals surface area contributed by atoms with E-state index in [4.69, 9.17) is 0 Å². The van der Waals surface area contributed by atoms with Crippen LogP contribution in [0.25, 0.3) is 0 Å². The standard InChI is InChI=1S/C24H22F3N3O4/c25-24(26,27)23(34)28-13-14-6-9-16(10-7-14)29-20(31)15-8-11-18-19(12-15)22(33)30(21(18)32)17-4-2-1-3-5-17/h6-12,17H,1-5,13H2,(H,28,34)(H,29,31). The van der Waals surface area contributed by atoms with Crippen molar-refractivity contribution in [1.82, 2.24) is 10.2 Å². The van der Waals surface area contributed by atoms with Crippen molar-refractivity contribution in [2.75, 3.05) is 5.32 Å². The van der Waals surface area contributed by atoms with E-state index in [1.165, 1.54) is 47.4 Å². The molecule has 0 spiro atoms. The fraction of sp³-hybridized carbons (Fsp3) is 0.333. The van der Waals surface area contributed by atoms with Crippen LogP contribution in [0.5, 0.6) is 0 Å². The summed E-state index contributed by atoms with van der Waals surface area (Å²) < 4.78 is 36.8. The summed E-state index contributed by atoms with van der Waals surface area (Å²) >= 11 is 0. The first-order valence-corrected chi connectivity index (χ1v) is 10.9. The van der Waals surface area contributed by atoms with Crippen LogP contribution >= 0.6 is 0 Å². The predicted molar refractivity (Wildman–Crippen MR) is 116 cm³/mol. The van der Waals surface area contributed by atoms with Gasteiger partial charge in [0.2, 0.25) is 0 Å². The van der Waals surface area contributed by atoms with E-state index in [-0.39, 0.29) is 41.1 Å². The highest BCUT2D eigenvalue weighted by Gasteiger charge is 2.40. The number of hydrogen-bond acceptors (Lipinski definition) is 4. The Morgan fingerprint density at radius 3 is 2.21 bits per heavy atom. The third-order valence-electron chi connectivity index (χ3n) is 6.04. The first-order chi connectivity index (χ1) is 16.1. The zero-order chi connectivity index (χ0) is 24.5. The monoisotopic (exact) mass is 473 g/mol. The predicted octanol–water partition coefficient (Wildman–Crippen LogP) is 4.05. The van der Waals surface area contributed by atoms with Gasteiger partial charge in [0.15, 0.2) is 0 Å². The lowest BCUT2D eigenvalue weighted by Crippen LogP contribution is -2.40. The van der Waals surface area contributed by atoms with Gasteiger partial charge in [-0.15, -0.1) is 0 Å². The second kappa shape index (κ2) is 9.28. The van der Waals surface area contributed by atoms with E-state index in [1.807, 2.05) is 0 Å². The molecule has 10 heteroatoms. The van der Waals surface area contributed by atoms with Crippen molar-refractivity contribution in [3.05, 3.63) is 64.7 Å². The van der Waals surface area contributed by atoms with Crippen LogP contribution in [-0.2, 0) is 11.3 Å². The molecule has 0 radical (unpaired) electrons. The number of alkyl halides is 3. The number of anilines is 1. The molecule has 2 aliphatic rings. The Balaban J connectivity index is 1.41. The SMILES string of the molecule is O=C(Nc1ccc(CNC(=O)C(F)(F)F)cc1)c1ccc2c(c1)C(=O)N(C1CCCCC1)C2=O. The normalized spacial score (nSPS) is 16.4. The van der Waals surface area contributed by atoms with Gasteiger partial charge in [-0.3, -0.25) is 24.1 Å². The molecule has 1 aliphatic carbocycles. The molecule has 1 fully saturated rings. The molecule has 178 valence electrons. The lowest BCUT2D eigenvalue weighted by Gasteiger charge is -2.29. The topological polar surface area (TPSA) is 95.6 Å². The fourth-order valence-corrected chi connectivity index (χ4v) is 4.26. The molecule has 2 aromatic carbocycles. The summed E-state index contributed by atoms with van der Waals surface area (Å²) in [5.74, 6) is -3.24. The molecular weight excluding hydrogens is 451 g/mol. The quantitative estimate of drug-likeness (QED) is 0.641. The number of carbonyl (C=O) groups excluding carboxylic acids is 4. The average molecular weight is 473 g/mol. The lowest BCUT2D eigenvalue weighted by atomic mass is 9.94. The van der Waals surface area contributed by atoms with Gasteiger partial charge in [0.05, 0.1) is 11.1 Å².